The van der Waals surface area contributed by atoms with Crippen LogP contribution >= 0.6 is 0 Å². The molecule has 212 valence electrons. The molecule has 3 aromatic carbocycles. The van der Waals surface area contributed by atoms with Crippen LogP contribution in [0.1, 0.15) is 65.8 Å². The number of hydrogen-bond acceptors (Lipinski definition) is 7. The van der Waals surface area contributed by atoms with E-state index in [1.807, 2.05) is 72.8 Å². The van der Waals surface area contributed by atoms with E-state index in [0.29, 0.717) is 11.2 Å². The van der Waals surface area contributed by atoms with Crippen molar-refractivity contribution in [2.45, 2.75) is 51.3 Å². The second-order valence-corrected chi connectivity index (χ2v) is 11.0. The van der Waals surface area contributed by atoms with Crippen molar-refractivity contribution < 1.29 is 19.4 Å². The fourth-order valence-corrected chi connectivity index (χ4v) is 5.71. The Morgan fingerprint density at radius 1 is 0.927 bits per heavy atom. The van der Waals surface area contributed by atoms with Crippen molar-refractivity contribution in [2.75, 3.05) is 25.0 Å². The monoisotopic (exact) mass is 552 g/mol. The van der Waals surface area contributed by atoms with Crippen LogP contribution in [0.25, 0.3) is 11.0 Å². The number of nitrogens with zero attached hydrogens (tertiary/aromatic N) is 3. The van der Waals surface area contributed by atoms with Gasteiger partial charge in [0, 0.05) is 23.7 Å². The number of nitrogens with one attached hydrogen (secondary N) is 1. The number of aliphatic hydroxyl groups excluding tert-OH is 1. The average Bonchev–Trinajstić information content (AvgIpc) is 3.03. The molecule has 4 unspecified atom stereocenters. The number of piperidine rings is 1. The molecule has 0 bridgehead atoms. The van der Waals surface area contributed by atoms with E-state index in [2.05, 4.69) is 27.1 Å². The maximum Gasteiger partial charge on any atom is 0.275 e. The number of anilines is 1. The Balaban J connectivity index is 1.19. The van der Waals surface area contributed by atoms with Gasteiger partial charge in [-0.15, -0.1) is 0 Å². The van der Waals surface area contributed by atoms with E-state index in [0.717, 1.165) is 41.8 Å². The zero-order valence-corrected chi connectivity index (χ0v) is 23.3. The van der Waals surface area contributed by atoms with Gasteiger partial charge >= 0.3 is 0 Å². The highest BCUT2D eigenvalue weighted by Crippen LogP contribution is 2.42. The highest BCUT2D eigenvalue weighted by Gasteiger charge is 2.39. The van der Waals surface area contributed by atoms with Crippen LogP contribution in [0.15, 0.2) is 79.0 Å². The second kappa shape index (κ2) is 12.4. The third kappa shape index (κ3) is 6.31. The fourth-order valence-electron chi connectivity index (χ4n) is 5.71. The molecule has 2 aliphatic heterocycles. The van der Waals surface area contributed by atoms with Crippen LogP contribution in [0.2, 0.25) is 0 Å². The SMILES string of the molecule is CC1C(CN2CCCCC2)OC(c2ccc(NC(=O)c3cnc4ccccc4n3)cc2)OC1c1ccc(CO)cc1. The van der Waals surface area contributed by atoms with Crippen LogP contribution < -0.4 is 5.32 Å². The molecule has 4 atom stereocenters. The van der Waals surface area contributed by atoms with Gasteiger partial charge in [0.25, 0.3) is 5.91 Å². The lowest BCUT2D eigenvalue weighted by molar-refractivity contribution is -0.276. The lowest BCUT2D eigenvalue weighted by atomic mass is 9.89. The van der Waals surface area contributed by atoms with Gasteiger partial charge in [-0.3, -0.25) is 9.78 Å². The number of fused-ring (bicyclic) bond motifs is 1. The first-order chi connectivity index (χ1) is 20.1. The summed E-state index contributed by atoms with van der Waals surface area (Å²) in [6.45, 7) is 5.28. The van der Waals surface area contributed by atoms with Gasteiger partial charge < -0.3 is 24.8 Å². The number of amides is 1. The summed E-state index contributed by atoms with van der Waals surface area (Å²) in [4.78, 5) is 24.2. The van der Waals surface area contributed by atoms with Crippen molar-refractivity contribution in [2.24, 2.45) is 5.92 Å². The summed E-state index contributed by atoms with van der Waals surface area (Å²) in [6, 6.07) is 23.1. The Labute approximate surface area is 240 Å². The summed E-state index contributed by atoms with van der Waals surface area (Å²) in [7, 11) is 0. The Morgan fingerprint density at radius 2 is 1.63 bits per heavy atom. The number of para-hydroxylation sites is 2. The summed E-state index contributed by atoms with van der Waals surface area (Å²) < 4.78 is 13.2. The maximum atomic E-state index is 12.9. The van der Waals surface area contributed by atoms with E-state index in [4.69, 9.17) is 9.47 Å². The molecular weight excluding hydrogens is 516 g/mol. The van der Waals surface area contributed by atoms with Gasteiger partial charge in [0.05, 0.1) is 36.0 Å². The maximum absolute atomic E-state index is 12.9. The molecule has 1 amide bonds. The predicted molar refractivity (Wildman–Crippen MR) is 157 cm³/mol. The number of aliphatic hydroxyl groups is 1. The van der Waals surface area contributed by atoms with Gasteiger partial charge in [-0.05, 0) is 61.3 Å². The molecule has 8 heteroatoms. The molecule has 4 aromatic rings. The number of aromatic nitrogens is 2. The Bertz CT molecular complexity index is 1470. The molecule has 2 N–H and O–H groups in total. The standard InChI is InChI=1S/C33H36N4O4/c1-22-30(20-37-17-5-2-6-18-37)40-33(41-31(22)24-11-9-23(21-38)10-12-24)25-13-15-26(16-14-25)35-32(39)29-19-34-27-7-3-4-8-28(27)36-29/h3-4,7-16,19,22,30-31,33,38H,2,5-6,17-18,20-21H2,1H3,(H,35,39). The highest BCUT2D eigenvalue weighted by atomic mass is 16.7. The molecule has 0 spiro atoms. The quantitative estimate of drug-likeness (QED) is 0.306. The third-order valence-electron chi connectivity index (χ3n) is 8.13. The molecule has 2 aliphatic rings. The predicted octanol–water partition coefficient (Wildman–Crippen LogP) is 5.65. The molecule has 2 fully saturated rings. The molecule has 3 heterocycles. The van der Waals surface area contributed by atoms with Crippen LogP contribution in [0.5, 0.6) is 0 Å². The first kappa shape index (κ1) is 27.5. The normalized spacial score (nSPS) is 23.4. The van der Waals surface area contributed by atoms with Crippen LogP contribution in [0, 0.1) is 5.92 Å². The molecule has 41 heavy (non-hydrogen) atoms. The number of likely N-dealkylation sites (tertiary alicyclic amines) is 1. The molecule has 0 saturated carbocycles. The highest BCUT2D eigenvalue weighted by molar-refractivity contribution is 6.03. The zero-order valence-electron chi connectivity index (χ0n) is 23.3. The first-order valence-electron chi connectivity index (χ1n) is 14.4. The van der Waals surface area contributed by atoms with E-state index in [1.54, 1.807) is 0 Å². The summed E-state index contributed by atoms with van der Waals surface area (Å²) in [5, 5.41) is 12.4. The minimum atomic E-state index is -0.542. The largest absolute Gasteiger partial charge is 0.392 e. The van der Waals surface area contributed by atoms with Gasteiger partial charge in [0.1, 0.15) is 5.69 Å². The van der Waals surface area contributed by atoms with Gasteiger partial charge in [-0.25, -0.2) is 4.98 Å². The summed E-state index contributed by atoms with van der Waals surface area (Å²) >= 11 is 0. The van der Waals surface area contributed by atoms with Crippen LogP contribution in [0.4, 0.5) is 5.69 Å². The minimum absolute atomic E-state index is 0.000209. The van der Waals surface area contributed by atoms with Crippen molar-refractivity contribution in [1.82, 2.24) is 14.9 Å². The zero-order chi connectivity index (χ0) is 28.2. The van der Waals surface area contributed by atoms with E-state index < -0.39 is 6.29 Å². The smallest absolute Gasteiger partial charge is 0.275 e. The van der Waals surface area contributed by atoms with E-state index in [9.17, 15) is 9.90 Å². The molecular formula is C33H36N4O4. The van der Waals surface area contributed by atoms with Crippen molar-refractivity contribution in [1.29, 1.82) is 0 Å². The molecule has 0 aliphatic carbocycles. The molecule has 2 saturated heterocycles. The van der Waals surface area contributed by atoms with Gasteiger partial charge in [-0.1, -0.05) is 61.9 Å². The average molecular weight is 553 g/mol. The molecule has 6 rings (SSSR count). The number of ether oxygens (including phenoxy) is 2. The Kier molecular flexibility index (Phi) is 8.34. The van der Waals surface area contributed by atoms with Crippen LogP contribution in [-0.2, 0) is 16.1 Å². The topological polar surface area (TPSA) is 96.8 Å². The number of hydrogen-bond donors (Lipinski definition) is 2. The van der Waals surface area contributed by atoms with Crippen molar-refractivity contribution in [3.63, 3.8) is 0 Å². The lowest BCUT2D eigenvalue weighted by Crippen LogP contribution is -2.45. The van der Waals surface area contributed by atoms with E-state index in [1.165, 1.54) is 25.5 Å². The van der Waals surface area contributed by atoms with Crippen molar-refractivity contribution in [3.8, 4) is 0 Å². The van der Waals surface area contributed by atoms with E-state index >= 15 is 0 Å². The minimum Gasteiger partial charge on any atom is -0.392 e. The Morgan fingerprint density at radius 3 is 2.37 bits per heavy atom. The summed E-state index contributed by atoms with van der Waals surface area (Å²) in [6.07, 6.45) is 4.55. The van der Waals surface area contributed by atoms with Gasteiger partial charge in [0.15, 0.2) is 6.29 Å². The summed E-state index contributed by atoms with van der Waals surface area (Å²) in [5.74, 6) is -0.169. The lowest BCUT2D eigenvalue weighted by Gasteiger charge is -2.43. The van der Waals surface area contributed by atoms with E-state index in [-0.39, 0.29) is 36.3 Å². The fraction of sp³-hybridized carbons (Fsp3) is 0.364. The third-order valence-corrected chi connectivity index (χ3v) is 8.13. The first-order valence-corrected chi connectivity index (χ1v) is 14.4. The van der Waals surface area contributed by atoms with Gasteiger partial charge in [-0.2, -0.15) is 0 Å². The molecule has 0 radical (unpaired) electrons. The number of carbonyl (C=O) groups excluding carboxylic acids is 1. The number of carbonyl (C=O) groups is 1. The number of benzene rings is 3. The second-order valence-electron chi connectivity index (χ2n) is 11.0. The Hall–Kier alpha value is -3.69. The van der Waals surface area contributed by atoms with Crippen molar-refractivity contribution >= 4 is 22.6 Å². The molecule has 1 aromatic heterocycles. The van der Waals surface area contributed by atoms with Crippen LogP contribution in [-0.4, -0.2) is 51.6 Å². The van der Waals surface area contributed by atoms with Crippen molar-refractivity contribution in [3.05, 3.63) is 101 Å². The number of rotatable bonds is 7. The summed E-state index contributed by atoms with van der Waals surface area (Å²) in [5.41, 5.74) is 5.18. The van der Waals surface area contributed by atoms with Gasteiger partial charge in [0.2, 0.25) is 0 Å². The molecule has 8 nitrogen and oxygen atoms in total. The van der Waals surface area contributed by atoms with Crippen LogP contribution in [0.3, 0.4) is 0 Å².